The summed E-state index contributed by atoms with van der Waals surface area (Å²) in [7, 11) is 0. The van der Waals surface area contributed by atoms with E-state index < -0.39 is 11.9 Å². The molecular formula is C14H17FN2O2. The molecule has 19 heavy (non-hydrogen) atoms. The summed E-state index contributed by atoms with van der Waals surface area (Å²) >= 11 is 0. The number of nitriles is 1. The fourth-order valence-electron chi connectivity index (χ4n) is 1.67. The van der Waals surface area contributed by atoms with Gasteiger partial charge in [-0.2, -0.15) is 5.26 Å². The molecule has 0 heterocycles. The van der Waals surface area contributed by atoms with Gasteiger partial charge in [-0.15, -0.1) is 0 Å². The second-order valence-corrected chi connectivity index (χ2v) is 4.82. The third-order valence-corrected chi connectivity index (χ3v) is 2.99. The molecule has 0 saturated heterocycles. The van der Waals surface area contributed by atoms with Crippen molar-refractivity contribution in [2.24, 2.45) is 5.92 Å². The Morgan fingerprint density at radius 2 is 2.32 bits per heavy atom. The quantitative estimate of drug-likeness (QED) is 0.789. The fourth-order valence-corrected chi connectivity index (χ4v) is 1.67. The van der Waals surface area contributed by atoms with Crippen LogP contribution in [-0.4, -0.2) is 31.0 Å². The van der Waals surface area contributed by atoms with Crippen molar-refractivity contribution in [3.05, 3.63) is 29.6 Å². The second kappa shape index (κ2) is 6.50. The lowest BCUT2D eigenvalue weighted by Gasteiger charge is -2.13. The van der Waals surface area contributed by atoms with E-state index in [1.165, 1.54) is 31.0 Å². The Hall–Kier alpha value is -1.64. The van der Waals surface area contributed by atoms with Crippen molar-refractivity contribution in [3.63, 3.8) is 0 Å². The number of halogens is 1. The second-order valence-electron chi connectivity index (χ2n) is 4.82. The lowest BCUT2D eigenvalue weighted by Crippen LogP contribution is -2.25. The monoisotopic (exact) mass is 264 g/mol. The van der Waals surface area contributed by atoms with Crippen LogP contribution in [0, 0.1) is 23.1 Å². The van der Waals surface area contributed by atoms with Crippen molar-refractivity contribution < 1.29 is 14.2 Å². The fraction of sp³-hybridized carbons (Fsp3) is 0.500. The van der Waals surface area contributed by atoms with Gasteiger partial charge in [-0.05, 0) is 37.0 Å². The highest BCUT2D eigenvalue weighted by molar-refractivity contribution is 5.49. The van der Waals surface area contributed by atoms with Crippen molar-refractivity contribution in [2.45, 2.75) is 18.9 Å². The molecule has 0 aromatic heterocycles. The van der Waals surface area contributed by atoms with Gasteiger partial charge in [0, 0.05) is 18.8 Å². The van der Waals surface area contributed by atoms with E-state index in [4.69, 9.17) is 10.00 Å². The molecule has 0 bridgehead atoms. The molecule has 0 amide bonds. The van der Waals surface area contributed by atoms with Crippen LogP contribution < -0.4 is 5.32 Å². The van der Waals surface area contributed by atoms with Gasteiger partial charge >= 0.3 is 0 Å². The van der Waals surface area contributed by atoms with Gasteiger partial charge < -0.3 is 15.2 Å². The molecule has 5 heteroatoms. The molecule has 4 nitrogen and oxygen atoms in total. The van der Waals surface area contributed by atoms with Gasteiger partial charge in [0.1, 0.15) is 11.9 Å². The molecule has 1 fully saturated rings. The molecular weight excluding hydrogens is 247 g/mol. The standard InChI is InChI=1S/C14H17FN2O2/c15-14-4-3-12(5-11(14)6-16)17-7-13(18)9-19-8-10-1-2-10/h3-5,10,13,17-18H,1-2,7-9H2. The maximum absolute atomic E-state index is 13.1. The molecule has 1 aliphatic rings. The third kappa shape index (κ3) is 4.51. The minimum absolute atomic E-state index is 0.00975. The van der Waals surface area contributed by atoms with Crippen LogP contribution >= 0.6 is 0 Å². The maximum atomic E-state index is 13.1. The van der Waals surface area contributed by atoms with Gasteiger partial charge in [-0.1, -0.05) is 0 Å². The van der Waals surface area contributed by atoms with Crippen LogP contribution in [0.25, 0.3) is 0 Å². The van der Waals surface area contributed by atoms with Crippen LogP contribution in [0.5, 0.6) is 0 Å². The summed E-state index contributed by atoms with van der Waals surface area (Å²) in [6, 6.07) is 5.97. The molecule has 2 rings (SSSR count). The summed E-state index contributed by atoms with van der Waals surface area (Å²) in [5.41, 5.74) is 0.601. The van der Waals surface area contributed by atoms with Crippen molar-refractivity contribution in [1.82, 2.24) is 0 Å². The summed E-state index contributed by atoms with van der Waals surface area (Å²) < 4.78 is 18.5. The molecule has 1 unspecified atom stereocenters. The first-order valence-corrected chi connectivity index (χ1v) is 6.38. The molecule has 102 valence electrons. The van der Waals surface area contributed by atoms with E-state index in [2.05, 4.69) is 5.32 Å². The van der Waals surface area contributed by atoms with Gasteiger partial charge in [0.25, 0.3) is 0 Å². The number of hydrogen-bond acceptors (Lipinski definition) is 4. The number of benzene rings is 1. The minimum atomic E-state index is -0.616. The van der Waals surface area contributed by atoms with Crippen LogP contribution in [0.3, 0.4) is 0 Å². The number of hydrogen-bond donors (Lipinski definition) is 2. The Balaban J connectivity index is 1.72. The van der Waals surface area contributed by atoms with Gasteiger partial charge in [-0.3, -0.25) is 0 Å². The van der Waals surface area contributed by atoms with Crippen LogP contribution in [0.15, 0.2) is 18.2 Å². The molecule has 1 aromatic rings. The minimum Gasteiger partial charge on any atom is -0.389 e. The van der Waals surface area contributed by atoms with Crippen LogP contribution in [0.4, 0.5) is 10.1 Å². The first kappa shape index (κ1) is 13.8. The van der Waals surface area contributed by atoms with E-state index in [1.54, 1.807) is 6.07 Å². The van der Waals surface area contributed by atoms with Crippen molar-refractivity contribution in [3.8, 4) is 6.07 Å². The molecule has 2 N–H and O–H groups in total. The lowest BCUT2D eigenvalue weighted by atomic mass is 10.2. The van der Waals surface area contributed by atoms with Gasteiger partial charge in [-0.25, -0.2) is 4.39 Å². The van der Waals surface area contributed by atoms with Crippen LogP contribution in [0.2, 0.25) is 0 Å². The molecule has 0 radical (unpaired) electrons. The predicted molar refractivity (Wildman–Crippen MR) is 69.2 cm³/mol. The van der Waals surface area contributed by atoms with Crippen molar-refractivity contribution in [1.29, 1.82) is 5.26 Å². The normalized spacial score (nSPS) is 15.8. The highest BCUT2D eigenvalue weighted by Gasteiger charge is 2.21. The largest absolute Gasteiger partial charge is 0.389 e. The molecule has 1 aliphatic carbocycles. The van der Waals surface area contributed by atoms with Crippen molar-refractivity contribution >= 4 is 5.69 Å². The van der Waals surface area contributed by atoms with Crippen molar-refractivity contribution in [2.75, 3.05) is 25.1 Å². The van der Waals surface area contributed by atoms with E-state index in [1.807, 2.05) is 0 Å². The van der Waals surface area contributed by atoms with E-state index >= 15 is 0 Å². The van der Waals surface area contributed by atoms with Gasteiger partial charge in [0.05, 0.1) is 18.3 Å². The lowest BCUT2D eigenvalue weighted by molar-refractivity contribution is 0.0386. The van der Waals surface area contributed by atoms with Crippen LogP contribution in [0.1, 0.15) is 18.4 Å². The summed E-state index contributed by atoms with van der Waals surface area (Å²) in [6.07, 6.45) is 1.83. The van der Waals surface area contributed by atoms with E-state index in [0.29, 0.717) is 24.8 Å². The maximum Gasteiger partial charge on any atom is 0.141 e. The summed E-state index contributed by atoms with van der Waals surface area (Å²) in [5, 5.41) is 21.4. The van der Waals surface area contributed by atoms with Gasteiger partial charge in [0.15, 0.2) is 0 Å². The highest BCUT2D eigenvalue weighted by Crippen LogP contribution is 2.28. The SMILES string of the molecule is N#Cc1cc(NCC(O)COCC2CC2)ccc1F. The zero-order valence-corrected chi connectivity index (χ0v) is 10.6. The Labute approximate surface area is 111 Å². The summed E-state index contributed by atoms with van der Waals surface area (Å²) in [5.74, 6) is 0.136. The smallest absolute Gasteiger partial charge is 0.141 e. The zero-order valence-electron chi connectivity index (χ0n) is 10.6. The average Bonchev–Trinajstić information content (AvgIpc) is 3.22. The molecule has 1 saturated carbocycles. The van der Waals surface area contributed by atoms with E-state index in [0.717, 1.165) is 0 Å². The molecule has 0 spiro atoms. The Bertz CT molecular complexity index is 469. The number of aliphatic hydroxyl groups is 1. The number of anilines is 1. The first-order chi connectivity index (χ1) is 9.19. The highest BCUT2D eigenvalue weighted by atomic mass is 19.1. The number of nitrogens with one attached hydrogen (secondary N) is 1. The predicted octanol–water partition coefficient (Wildman–Crippen LogP) is 1.90. The van der Waals surface area contributed by atoms with E-state index in [9.17, 15) is 9.50 Å². The Morgan fingerprint density at radius 3 is 3.00 bits per heavy atom. The number of ether oxygens (including phenoxy) is 1. The first-order valence-electron chi connectivity index (χ1n) is 6.38. The van der Waals surface area contributed by atoms with Gasteiger partial charge in [0.2, 0.25) is 0 Å². The number of rotatable bonds is 7. The molecule has 0 aliphatic heterocycles. The summed E-state index contributed by atoms with van der Waals surface area (Å²) in [4.78, 5) is 0. The Kier molecular flexibility index (Phi) is 4.72. The number of aliphatic hydroxyl groups excluding tert-OH is 1. The summed E-state index contributed by atoms with van der Waals surface area (Å²) in [6.45, 7) is 1.31. The van der Waals surface area contributed by atoms with E-state index in [-0.39, 0.29) is 12.2 Å². The average molecular weight is 264 g/mol. The third-order valence-electron chi connectivity index (χ3n) is 2.99. The number of nitrogens with zero attached hydrogens (tertiary/aromatic N) is 1. The molecule has 1 atom stereocenters. The molecule has 1 aromatic carbocycles. The topological polar surface area (TPSA) is 65.3 Å². The van der Waals surface area contributed by atoms with Crippen LogP contribution in [-0.2, 0) is 4.74 Å². The Morgan fingerprint density at radius 1 is 1.53 bits per heavy atom. The zero-order chi connectivity index (χ0) is 13.7.